The first-order valence-corrected chi connectivity index (χ1v) is 7.27. The number of aromatic nitrogens is 3. The van der Waals surface area contributed by atoms with E-state index in [1.165, 1.54) is 0 Å². The number of pyridine rings is 3. The van der Waals surface area contributed by atoms with Gasteiger partial charge in [-0.2, -0.15) is 0 Å². The van der Waals surface area contributed by atoms with Crippen molar-refractivity contribution >= 4 is 5.97 Å². The quantitative estimate of drug-likeness (QED) is 0.691. The first-order chi connectivity index (χ1) is 11.3. The molecule has 114 valence electrons. The Balaban J connectivity index is 2.15. The van der Waals surface area contributed by atoms with Gasteiger partial charge in [0.15, 0.2) is 0 Å². The Labute approximate surface area is 134 Å². The van der Waals surface area contributed by atoms with Crippen molar-refractivity contribution in [3.05, 3.63) is 66.9 Å². The summed E-state index contributed by atoms with van der Waals surface area (Å²) < 4.78 is 5.06. The Hall–Kier alpha value is -3.08. The van der Waals surface area contributed by atoms with E-state index in [1.807, 2.05) is 24.3 Å². The van der Waals surface area contributed by atoms with Crippen molar-refractivity contribution in [2.45, 2.75) is 6.92 Å². The number of ether oxygens (including phenoxy) is 1. The highest BCUT2D eigenvalue weighted by atomic mass is 16.5. The molecule has 0 atom stereocenters. The molecular weight excluding hydrogens is 290 g/mol. The molecule has 0 saturated carbocycles. The minimum atomic E-state index is -0.378. The lowest BCUT2D eigenvalue weighted by atomic mass is 9.99. The van der Waals surface area contributed by atoms with Crippen molar-refractivity contribution in [1.29, 1.82) is 0 Å². The molecule has 3 aromatic heterocycles. The molecule has 0 saturated heterocycles. The molecule has 3 rings (SSSR count). The van der Waals surface area contributed by atoms with Gasteiger partial charge in [0.05, 0.1) is 17.9 Å². The second kappa shape index (κ2) is 6.79. The minimum Gasteiger partial charge on any atom is -0.462 e. The lowest BCUT2D eigenvalue weighted by Crippen LogP contribution is -2.06. The number of hydrogen-bond acceptors (Lipinski definition) is 5. The van der Waals surface area contributed by atoms with Crippen LogP contribution in [-0.4, -0.2) is 27.5 Å². The van der Waals surface area contributed by atoms with Crippen molar-refractivity contribution in [2.75, 3.05) is 6.61 Å². The predicted octanol–water partition coefficient (Wildman–Crippen LogP) is 3.38. The van der Waals surface area contributed by atoms with Gasteiger partial charge in [-0.25, -0.2) is 4.79 Å². The van der Waals surface area contributed by atoms with Gasteiger partial charge in [0.1, 0.15) is 0 Å². The van der Waals surface area contributed by atoms with Gasteiger partial charge in [-0.1, -0.05) is 0 Å². The summed E-state index contributed by atoms with van der Waals surface area (Å²) in [5.74, 6) is -0.378. The largest absolute Gasteiger partial charge is 0.462 e. The molecule has 0 N–H and O–H groups in total. The van der Waals surface area contributed by atoms with Gasteiger partial charge in [0.2, 0.25) is 0 Å². The fourth-order valence-corrected chi connectivity index (χ4v) is 2.28. The molecule has 0 aliphatic carbocycles. The van der Waals surface area contributed by atoms with Crippen LogP contribution in [0.1, 0.15) is 17.3 Å². The van der Waals surface area contributed by atoms with E-state index in [0.29, 0.717) is 12.2 Å². The second-order valence-corrected chi connectivity index (χ2v) is 4.81. The molecule has 0 aliphatic rings. The molecule has 0 amide bonds. The molecule has 0 radical (unpaired) electrons. The maximum Gasteiger partial charge on any atom is 0.339 e. The normalized spacial score (nSPS) is 10.3. The van der Waals surface area contributed by atoms with Crippen LogP contribution >= 0.6 is 0 Å². The minimum absolute atomic E-state index is 0.329. The number of nitrogens with zero attached hydrogens (tertiary/aromatic N) is 3. The summed E-state index contributed by atoms with van der Waals surface area (Å²) in [6.45, 7) is 2.11. The first kappa shape index (κ1) is 14.8. The number of carbonyl (C=O) groups excluding carboxylic acids is 1. The number of esters is 1. The molecule has 3 aromatic rings. The van der Waals surface area contributed by atoms with Gasteiger partial charge in [0.25, 0.3) is 0 Å². The molecule has 0 spiro atoms. The van der Waals surface area contributed by atoms with E-state index < -0.39 is 0 Å². The van der Waals surface area contributed by atoms with E-state index >= 15 is 0 Å². The first-order valence-electron chi connectivity index (χ1n) is 7.27. The zero-order chi connectivity index (χ0) is 16.1. The average molecular weight is 305 g/mol. The molecule has 5 heteroatoms. The van der Waals surface area contributed by atoms with Crippen molar-refractivity contribution in [2.24, 2.45) is 0 Å². The summed E-state index contributed by atoms with van der Waals surface area (Å²) in [5, 5.41) is 0. The number of rotatable bonds is 4. The standard InChI is InChI=1S/C18H15N3O2/c1-2-23-18(22)15-11-16(13-3-7-19-8-4-13)17(21-12-15)14-5-9-20-10-6-14/h3-12H,2H2,1H3. The Morgan fingerprint density at radius 3 is 2.22 bits per heavy atom. The summed E-state index contributed by atoms with van der Waals surface area (Å²) >= 11 is 0. The second-order valence-electron chi connectivity index (χ2n) is 4.81. The highest BCUT2D eigenvalue weighted by molar-refractivity contribution is 5.93. The molecule has 0 bridgehead atoms. The van der Waals surface area contributed by atoms with E-state index in [0.717, 1.165) is 22.4 Å². The van der Waals surface area contributed by atoms with Crippen LogP contribution in [0, 0.1) is 0 Å². The van der Waals surface area contributed by atoms with Gasteiger partial charge in [-0.3, -0.25) is 15.0 Å². The summed E-state index contributed by atoms with van der Waals surface area (Å²) in [4.78, 5) is 24.5. The SMILES string of the molecule is CCOC(=O)c1cnc(-c2ccncc2)c(-c2ccncc2)c1. The van der Waals surface area contributed by atoms with Crippen LogP contribution in [0.15, 0.2) is 61.3 Å². The zero-order valence-electron chi connectivity index (χ0n) is 12.6. The van der Waals surface area contributed by atoms with Crippen LogP contribution in [-0.2, 0) is 4.74 Å². The molecule has 0 unspecified atom stereocenters. The molecule has 23 heavy (non-hydrogen) atoms. The van der Waals surface area contributed by atoms with Crippen molar-refractivity contribution in [3.63, 3.8) is 0 Å². The van der Waals surface area contributed by atoms with Crippen LogP contribution < -0.4 is 0 Å². The third-order valence-corrected chi connectivity index (χ3v) is 3.34. The summed E-state index contributed by atoms with van der Waals surface area (Å²) in [6, 6.07) is 9.34. The maximum absolute atomic E-state index is 12.0. The van der Waals surface area contributed by atoms with Gasteiger partial charge in [-0.15, -0.1) is 0 Å². The lowest BCUT2D eigenvalue weighted by Gasteiger charge is -2.11. The Kier molecular flexibility index (Phi) is 4.38. The topological polar surface area (TPSA) is 65.0 Å². The molecule has 3 heterocycles. The van der Waals surface area contributed by atoms with Crippen LogP contribution in [0.25, 0.3) is 22.4 Å². The molecule has 0 fully saturated rings. The van der Waals surface area contributed by atoms with Crippen LogP contribution in [0.4, 0.5) is 0 Å². The van der Waals surface area contributed by atoms with E-state index in [-0.39, 0.29) is 5.97 Å². The molecule has 5 nitrogen and oxygen atoms in total. The van der Waals surface area contributed by atoms with Crippen LogP contribution in [0.2, 0.25) is 0 Å². The van der Waals surface area contributed by atoms with E-state index in [1.54, 1.807) is 44.0 Å². The highest BCUT2D eigenvalue weighted by Gasteiger charge is 2.14. The number of carbonyl (C=O) groups is 1. The van der Waals surface area contributed by atoms with Crippen molar-refractivity contribution in [1.82, 2.24) is 15.0 Å². The van der Waals surface area contributed by atoms with Gasteiger partial charge in [0, 0.05) is 42.1 Å². The monoisotopic (exact) mass is 305 g/mol. The Morgan fingerprint density at radius 2 is 1.61 bits per heavy atom. The summed E-state index contributed by atoms with van der Waals surface area (Å²) in [6.07, 6.45) is 8.39. The van der Waals surface area contributed by atoms with Crippen molar-refractivity contribution in [3.8, 4) is 22.4 Å². The fourth-order valence-electron chi connectivity index (χ4n) is 2.28. The molecule has 0 aliphatic heterocycles. The lowest BCUT2D eigenvalue weighted by molar-refractivity contribution is 0.0526. The smallest absolute Gasteiger partial charge is 0.339 e. The van der Waals surface area contributed by atoms with Crippen LogP contribution in [0.5, 0.6) is 0 Å². The van der Waals surface area contributed by atoms with Gasteiger partial charge in [-0.05, 0) is 42.8 Å². The third kappa shape index (κ3) is 3.23. The average Bonchev–Trinajstić information content (AvgIpc) is 2.63. The van der Waals surface area contributed by atoms with Gasteiger partial charge >= 0.3 is 5.97 Å². The Bertz CT molecular complexity index is 805. The summed E-state index contributed by atoms with van der Waals surface area (Å²) in [5.41, 5.74) is 3.93. The summed E-state index contributed by atoms with van der Waals surface area (Å²) in [7, 11) is 0. The third-order valence-electron chi connectivity index (χ3n) is 3.34. The van der Waals surface area contributed by atoms with E-state index in [2.05, 4.69) is 15.0 Å². The maximum atomic E-state index is 12.0. The van der Waals surface area contributed by atoms with E-state index in [9.17, 15) is 4.79 Å². The highest BCUT2D eigenvalue weighted by Crippen LogP contribution is 2.30. The fraction of sp³-hybridized carbons (Fsp3) is 0.111. The zero-order valence-corrected chi connectivity index (χ0v) is 12.6. The molecule has 0 aromatic carbocycles. The van der Waals surface area contributed by atoms with Gasteiger partial charge < -0.3 is 4.74 Å². The van der Waals surface area contributed by atoms with Crippen LogP contribution in [0.3, 0.4) is 0 Å². The predicted molar refractivity (Wildman–Crippen MR) is 86.7 cm³/mol. The van der Waals surface area contributed by atoms with E-state index in [4.69, 9.17) is 4.74 Å². The number of hydrogen-bond donors (Lipinski definition) is 0. The van der Waals surface area contributed by atoms with Crippen molar-refractivity contribution < 1.29 is 9.53 Å². The molecular formula is C18H15N3O2. The Morgan fingerprint density at radius 1 is 1.00 bits per heavy atom.